The van der Waals surface area contributed by atoms with Gasteiger partial charge in [0.25, 0.3) is 0 Å². The smallest absolute Gasteiger partial charge is 0.330 e. The van der Waals surface area contributed by atoms with E-state index in [0.29, 0.717) is 45.4 Å². The van der Waals surface area contributed by atoms with Crippen LogP contribution in [0.15, 0.2) is 72.8 Å². The van der Waals surface area contributed by atoms with Crippen LogP contribution < -0.4 is 67.8 Å². The molecule has 5 aromatic rings. The number of carboxylic acids is 1. The van der Waals surface area contributed by atoms with Crippen molar-refractivity contribution in [2.24, 2.45) is 11.7 Å². The molecule has 21 N–H and O–H groups in total. The molecule has 0 spiro atoms. The molecule has 8 aliphatic heterocycles. The van der Waals surface area contributed by atoms with Gasteiger partial charge in [-0.25, -0.2) is 4.79 Å². The molecule has 7 amide bonds. The summed E-state index contributed by atoms with van der Waals surface area (Å²) in [6.07, 6.45) is 3.82. The molecule has 816 valence electrons. The van der Waals surface area contributed by atoms with Gasteiger partial charge in [-0.15, -0.1) is 0 Å². The largest absolute Gasteiger partial charge is 0.507 e. The number of carboxylic acid groups (broad SMARTS) is 1. The number of hydrogen-bond donors (Lipinski definition) is 20. The number of hydrogen-bond acceptors (Lipinski definition) is 29. The molecule has 13 rings (SSSR count). The number of nitrogens with zero attached hydrogens (tertiary/aromatic N) is 1. The second-order valence-electron chi connectivity index (χ2n) is 41.3. The second kappa shape index (κ2) is 56.1. The van der Waals surface area contributed by atoms with Gasteiger partial charge in [-0.05, 0) is 176 Å². The molecule has 8 heterocycles. The number of fused-ring (bicyclic) bond motifs is 15. The van der Waals surface area contributed by atoms with Crippen molar-refractivity contribution in [3.63, 3.8) is 0 Å². The monoisotopic (exact) mass is 2100 g/mol. The lowest BCUT2D eigenvalue weighted by molar-refractivity contribution is -0.334. The molecule has 3 saturated heterocycles. The standard InChI is InChI=1S/C108H159Cl2N11O26/c1-12-16-20-23-26-29-32-35-45-113-107(9)56-82(140-61(7)97(107)130)145-94-65-40-43-77(71(110)51-65)143-79-53-66-52-78(95(79)147-106-96(93(129)92(128)80(59-122)144-106)146-83-57-108(10,98(131)62(8)141-83)114-46-36-33-30-27-24-21-17-13-2)142-76-42-39-64(50-70(76)109)90(126)88(119-100(133)73(48-60(5)6)121(11)47-37-34-31-28-25-22-18-14-3)103(136)115-72(55-81(111)125)99(132)116-86(66)102(135)117-85-63-38-41-74(123)67(49-63)84-68(54-75(124)69(91(84)127)58-112-44-19-15-4)87(105(138)139)118-104(137)89(94)120-101(85)134/h38-43,49-54,60-62,72-73,80,82-83,85-90,92-94,96-98,106,112-114,122-124,126-131H,12-37,44-48,55-59H2,1-11H3,(H2,111,125)(H,115,136)(H,116,132)(H,117,135)(H,118,137)(H,119,133)(H,120,134)(H,138,139)/t61-,62-,72-,73+,80-,82-,83-,85+,86+,87+,88+,89-,90+,92-,93+,94+,96-,97+,98+,106+,107-,108-/m0/s1. The second-order valence-corrected chi connectivity index (χ2v) is 42.1. The first kappa shape index (κ1) is 118. The van der Waals surface area contributed by atoms with Crippen LogP contribution in [-0.4, -0.2) is 246 Å². The number of unbranched alkanes of at least 4 members (excludes halogenated alkanes) is 22. The number of aliphatic hydroxyl groups excluding tert-OH is 6. The first-order chi connectivity index (χ1) is 70.2. The first-order valence-corrected chi connectivity index (χ1v) is 53.7. The summed E-state index contributed by atoms with van der Waals surface area (Å²) < 4.78 is 54.4. The highest BCUT2D eigenvalue weighted by Crippen LogP contribution is 2.52. The number of ether oxygens (including phenoxy) is 8. The Hall–Kier alpha value is -9.36. The molecular weight excluding hydrogens is 1940 g/mol. The van der Waals surface area contributed by atoms with Gasteiger partial charge >= 0.3 is 5.97 Å². The third-order valence-electron chi connectivity index (χ3n) is 29.0. The normalized spacial score (nSPS) is 27.2. The van der Waals surface area contributed by atoms with E-state index >= 15 is 28.8 Å². The number of aliphatic carboxylic acids is 1. The van der Waals surface area contributed by atoms with Crippen LogP contribution in [0.5, 0.6) is 46.0 Å². The minimum absolute atomic E-state index is 0.0920. The molecule has 22 atom stereocenters. The summed E-state index contributed by atoms with van der Waals surface area (Å²) in [5.74, 6) is -15.3. The third kappa shape index (κ3) is 31.2. The highest BCUT2D eigenvalue weighted by atomic mass is 35.5. The molecule has 0 aromatic heterocycles. The summed E-state index contributed by atoms with van der Waals surface area (Å²) in [5.41, 5.74) is 0.975. The molecule has 8 aliphatic rings. The van der Waals surface area contributed by atoms with Crippen molar-refractivity contribution in [2.45, 2.75) is 402 Å². The Balaban J connectivity index is 1.14. The van der Waals surface area contributed by atoms with Gasteiger partial charge in [0.2, 0.25) is 53.4 Å². The van der Waals surface area contributed by atoms with Crippen molar-refractivity contribution in [2.75, 3.05) is 39.8 Å². The number of benzene rings is 5. The van der Waals surface area contributed by atoms with E-state index in [1.165, 1.54) is 36.4 Å². The Morgan fingerprint density at radius 3 is 1.61 bits per heavy atom. The van der Waals surface area contributed by atoms with Crippen molar-refractivity contribution in [1.29, 1.82) is 0 Å². The van der Waals surface area contributed by atoms with Crippen molar-refractivity contribution in [3.8, 4) is 57.1 Å². The predicted molar refractivity (Wildman–Crippen MR) is 551 cm³/mol. The van der Waals surface area contributed by atoms with E-state index in [1.54, 1.807) is 34.7 Å². The van der Waals surface area contributed by atoms with Gasteiger partial charge in [0.05, 0.1) is 59.1 Å². The Morgan fingerprint density at radius 1 is 0.558 bits per heavy atom. The summed E-state index contributed by atoms with van der Waals surface area (Å²) in [6.45, 7) is 19.5. The average molecular weight is 2100 g/mol. The molecule has 0 radical (unpaired) electrons. The number of phenols is 3. The number of aliphatic hydroxyl groups is 6. The highest BCUT2D eigenvalue weighted by molar-refractivity contribution is 6.32. The topological polar surface area (TPSA) is 550 Å². The Kier molecular flexibility index (Phi) is 45.0. The third-order valence-corrected chi connectivity index (χ3v) is 29.6. The van der Waals surface area contributed by atoms with Crippen LogP contribution in [-0.2, 0) is 68.6 Å². The number of phenolic OH excluding ortho intramolecular Hbond substituents is 3. The maximum atomic E-state index is 17.1. The number of primary amides is 1. The Morgan fingerprint density at radius 2 is 1.07 bits per heavy atom. The van der Waals surface area contributed by atoms with Crippen molar-refractivity contribution in [3.05, 3.63) is 116 Å². The zero-order valence-electron chi connectivity index (χ0n) is 86.8. The van der Waals surface area contributed by atoms with Crippen molar-refractivity contribution < 1.29 is 127 Å². The molecule has 11 bridgehead atoms. The number of nitrogens with one attached hydrogen (secondary N) is 9. The Labute approximate surface area is 872 Å². The van der Waals surface area contributed by atoms with Gasteiger partial charge in [0, 0.05) is 47.2 Å². The maximum absolute atomic E-state index is 17.1. The van der Waals surface area contributed by atoms with E-state index in [4.69, 9.17) is 66.8 Å². The minimum Gasteiger partial charge on any atom is -0.507 e. The summed E-state index contributed by atoms with van der Waals surface area (Å²) in [4.78, 5) is 127. The maximum Gasteiger partial charge on any atom is 0.330 e. The van der Waals surface area contributed by atoms with Crippen LogP contribution in [0.25, 0.3) is 11.1 Å². The molecule has 3 fully saturated rings. The molecule has 147 heavy (non-hydrogen) atoms. The molecule has 0 saturated carbocycles. The van der Waals surface area contributed by atoms with Crippen LogP contribution in [0, 0.1) is 5.92 Å². The van der Waals surface area contributed by atoms with Crippen LogP contribution >= 0.6 is 23.2 Å². The van der Waals surface area contributed by atoms with Crippen LogP contribution in [0.1, 0.15) is 326 Å². The molecule has 0 aliphatic carbocycles. The van der Waals surface area contributed by atoms with E-state index in [-0.39, 0.29) is 75.5 Å². The quantitative estimate of drug-likeness (QED) is 0.0161. The molecule has 39 heteroatoms. The van der Waals surface area contributed by atoms with Crippen LogP contribution in [0.2, 0.25) is 10.0 Å². The SMILES string of the molecule is CCCCCCCCCCN[C@@]1(C)C[C@H](O[C@@H]2[C@@H](Oc3c4cc5cc3Oc3ccc(cc3Cl)[C@@H](O[C@H]3C[C@](C)(NCCCCCCCCCC)[C@H](O)[C@H](C)O3)[C@@H]3NC(=O)[C@H](NC(=O)[C@@H]5NC(=O)[C@H](CC(N)=O)NC(=O)[C@H](NC(=O)[C@@H](CC(C)C)N(C)CCCCCCCCCC)[C@H](O)c5ccc(c(Cl)c5)O4)c4ccc(O)c(c4)-c4c(cc(O)c(CNCCCC)c4O)[C@H](C(=O)O)NC3=O)O[C@@H](CO)[C@H](O)[C@H]2O)O[C@@H](C)[C@H]1O. The first-order valence-electron chi connectivity index (χ1n) is 53.0. The number of halogens is 2. The number of nitrogens with two attached hydrogens (primary N) is 1. The lowest BCUT2D eigenvalue weighted by Gasteiger charge is -2.48. The number of amides is 7. The number of rotatable bonds is 49. The van der Waals surface area contributed by atoms with Crippen LogP contribution in [0.4, 0.5) is 0 Å². The average Bonchev–Trinajstić information content (AvgIpc) is 0.733. The zero-order chi connectivity index (χ0) is 107. The van der Waals surface area contributed by atoms with Gasteiger partial charge in [0.15, 0.2) is 36.2 Å². The fraction of sp³-hybridized carbons (Fsp3) is 0.648. The van der Waals surface area contributed by atoms with Crippen molar-refractivity contribution >= 4 is 70.5 Å². The van der Waals surface area contributed by atoms with E-state index in [0.717, 1.165) is 184 Å². The number of aromatic hydroxyl groups is 3. The lowest BCUT2D eigenvalue weighted by Crippen LogP contribution is -2.65. The number of likely N-dealkylation sites (N-methyl/N-ethyl adjacent to an activating group) is 1. The predicted octanol–water partition coefficient (Wildman–Crippen LogP) is 12.6. The van der Waals surface area contributed by atoms with Crippen LogP contribution in [0.3, 0.4) is 0 Å². The van der Waals surface area contributed by atoms with E-state index in [9.17, 15) is 60.7 Å². The molecule has 37 nitrogen and oxygen atoms in total. The molecular formula is C108H159Cl2N11O26. The summed E-state index contributed by atoms with van der Waals surface area (Å²) >= 11 is 15.1. The van der Waals surface area contributed by atoms with Gasteiger partial charge in [0.1, 0.15) is 89.5 Å². The summed E-state index contributed by atoms with van der Waals surface area (Å²) in [5, 5.41) is 147. The van der Waals surface area contributed by atoms with Gasteiger partial charge in [-0.2, -0.15) is 0 Å². The highest BCUT2D eigenvalue weighted by Gasteiger charge is 2.54. The van der Waals surface area contributed by atoms with E-state index < -0.39 is 250 Å². The molecule has 0 unspecified atom stereocenters. The van der Waals surface area contributed by atoms with Gasteiger partial charge in [-0.3, -0.25) is 38.5 Å². The molecule has 5 aromatic carbocycles. The fourth-order valence-electron chi connectivity index (χ4n) is 20.3. The van der Waals surface area contributed by atoms with E-state index in [1.807, 2.05) is 25.7 Å². The lowest BCUT2D eigenvalue weighted by atomic mass is 9.84. The summed E-state index contributed by atoms with van der Waals surface area (Å²) in [7, 11) is 1.77. The van der Waals surface area contributed by atoms with E-state index in [2.05, 4.69) is 68.6 Å². The summed E-state index contributed by atoms with van der Waals surface area (Å²) in [6, 6.07) is -0.196. The van der Waals surface area contributed by atoms with Gasteiger partial charge < -0.3 is 143 Å². The number of carbonyl (C=O) groups is 8. The van der Waals surface area contributed by atoms with Gasteiger partial charge in [-0.1, -0.05) is 224 Å². The fourth-order valence-corrected chi connectivity index (χ4v) is 20.8. The number of carbonyl (C=O) groups excluding carboxylic acids is 7. The Bertz CT molecular complexity index is 5200. The minimum atomic E-state index is -2.39. The van der Waals surface area contributed by atoms with Crippen molar-refractivity contribution in [1.82, 2.24) is 52.8 Å². The zero-order valence-corrected chi connectivity index (χ0v) is 88.3.